The smallest absolute Gasteiger partial charge is 0.347 e. The summed E-state index contributed by atoms with van der Waals surface area (Å²) in [7, 11) is 0. The van der Waals surface area contributed by atoms with Gasteiger partial charge in [-0.15, -0.1) is 0 Å². The number of halogens is 3. The van der Waals surface area contributed by atoms with E-state index < -0.39 is 18.5 Å². The van der Waals surface area contributed by atoms with E-state index in [1.807, 2.05) is 12.1 Å². The highest BCUT2D eigenvalue weighted by Gasteiger charge is 2.37. The lowest BCUT2D eigenvalue weighted by Crippen LogP contribution is -2.30. The van der Waals surface area contributed by atoms with Crippen molar-refractivity contribution >= 4 is 22.6 Å². The van der Waals surface area contributed by atoms with Crippen LogP contribution in [-0.2, 0) is 4.79 Å². The number of hydrogen-bond acceptors (Lipinski definition) is 4. The minimum Gasteiger partial charge on any atom is -0.347 e. The topological polar surface area (TPSA) is 54.9 Å². The Morgan fingerprint density at radius 1 is 1.26 bits per heavy atom. The van der Waals surface area contributed by atoms with Crippen LogP contribution in [0.3, 0.4) is 0 Å². The van der Waals surface area contributed by atoms with Crippen molar-refractivity contribution in [2.24, 2.45) is 0 Å². The maximum Gasteiger partial charge on any atom is 0.451 e. The van der Waals surface area contributed by atoms with Crippen molar-refractivity contribution in [2.45, 2.75) is 13.1 Å². The first-order chi connectivity index (χ1) is 8.88. The SMILES string of the molecule is Cc1nc(NCC(=O)C(F)(F)F)nc2ccccc12. The summed E-state index contributed by atoms with van der Waals surface area (Å²) in [5.41, 5.74) is 1.24. The molecule has 0 saturated carbocycles. The predicted molar refractivity (Wildman–Crippen MR) is 63.8 cm³/mol. The molecular weight excluding hydrogens is 259 g/mol. The molecule has 4 nitrogen and oxygen atoms in total. The van der Waals surface area contributed by atoms with Gasteiger partial charge >= 0.3 is 6.18 Å². The monoisotopic (exact) mass is 269 g/mol. The summed E-state index contributed by atoms with van der Waals surface area (Å²) in [4.78, 5) is 18.8. The fourth-order valence-corrected chi connectivity index (χ4v) is 1.57. The van der Waals surface area contributed by atoms with Crippen LogP contribution in [0.4, 0.5) is 19.1 Å². The van der Waals surface area contributed by atoms with Gasteiger partial charge in [0.25, 0.3) is 5.78 Å². The Kier molecular flexibility index (Phi) is 3.37. The van der Waals surface area contributed by atoms with Gasteiger partial charge < -0.3 is 5.32 Å². The average molecular weight is 269 g/mol. The van der Waals surface area contributed by atoms with Gasteiger partial charge in [-0.1, -0.05) is 18.2 Å². The molecular formula is C12H10F3N3O. The molecule has 0 bridgehead atoms. The summed E-state index contributed by atoms with van der Waals surface area (Å²) in [6, 6.07) is 7.12. The van der Waals surface area contributed by atoms with E-state index in [0.717, 1.165) is 5.39 Å². The minimum atomic E-state index is -4.85. The Hall–Kier alpha value is -2.18. The number of Topliss-reactive ketones (excluding diaryl/α,β-unsaturated/α-hetero) is 1. The van der Waals surface area contributed by atoms with Gasteiger partial charge in [-0.3, -0.25) is 4.79 Å². The number of carbonyl (C=O) groups is 1. The molecule has 0 saturated heterocycles. The molecule has 0 amide bonds. The standard InChI is InChI=1S/C12H10F3N3O/c1-7-8-4-2-3-5-9(8)18-11(17-7)16-6-10(19)12(13,14)15/h2-5H,6H2,1H3,(H,16,17,18). The molecule has 1 N–H and O–H groups in total. The van der Waals surface area contributed by atoms with Gasteiger partial charge in [-0.05, 0) is 13.0 Å². The zero-order valence-electron chi connectivity index (χ0n) is 9.95. The number of rotatable bonds is 3. The number of alkyl halides is 3. The number of benzene rings is 1. The van der Waals surface area contributed by atoms with Crippen LogP contribution in [0.1, 0.15) is 5.69 Å². The fraction of sp³-hybridized carbons (Fsp3) is 0.250. The van der Waals surface area contributed by atoms with Crippen LogP contribution in [-0.4, -0.2) is 28.5 Å². The third kappa shape index (κ3) is 2.98. The van der Waals surface area contributed by atoms with E-state index in [2.05, 4.69) is 15.3 Å². The van der Waals surface area contributed by atoms with Gasteiger partial charge in [0, 0.05) is 5.39 Å². The van der Waals surface area contributed by atoms with E-state index in [1.165, 1.54) is 0 Å². The van der Waals surface area contributed by atoms with Crippen molar-refractivity contribution in [1.29, 1.82) is 0 Å². The molecule has 0 atom stereocenters. The number of anilines is 1. The number of nitrogens with zero attached hydrogens (tertiary/aromatic N) is 2. The van der Waals surface area contributed by atoms with Crippen LogP contribution in [0.2, 0.25) is 0 Å². The van der Waals surface area contributed by atoms with Crippen LogP contribution in [0.25, 0.3) is 10.9 Å². The summed E-state index contributed by atoms with van der Waals surface area (Å²) < 4.78 is 36.2. The van der Waals surface area contributed by atoms with Crippen molar-refractivity contribution in [3.63, 3.8) is 0 Å². The van der Waals surface area contributed by atoms with Crippen molar-refractivity contribution in [3.05, 3.63) is 30.0 Å². The van der Waals surface area contributed by atoms with Gasteiger partial charge in [0.05, 0.1) is 17.8 Å². The van der Waals surface area contributed by atoms with E-state index in [9.17, 15) is 18.0 Å². The molecule has 0 aliphatic heterocycles. The molecule has 1 aromatic heterocycles. The van der Waals surface area contributed by atoms with Gasteiger partial charge in [-0.25, -0.2) is 9.97 Å². The Bertz CT molecular complexity index is 625. The molecule has 0 spiro atoms. The van der Waals surface area contributed by atoms with E-state index in [1.54, 1.807) is 19.1 Å². The number of hydrogen-bond donors (Lipinski definition) is 1. The molecule has 0 fully saturated rings. The summed E-state index contributed by atoms with van der Waals surface area (Å²) >= 11 is 0. The summed E-state index contributed by atoms with van der Waals surface area (Å²) in [5, 5.41) is 3.11. The zero-order chi connectivity index (χ0) is 14.0. The normalized spacial score (nSPS) is 11.6. The molecule has 7 heteroatoms. The molecule has 0 aliphatic carbocycles. The van der Waals surface area contributed by atoms with Gasteiger partial charge in [0.2, 0.25) is 5.95 Å². The second-order valence-corrected chi connectivity index (χ2v) is 3.92. The summed E-state index contributed by atoms with van der Waals surface area (Å²) in [5.74, 6) is -1.85. The first-order valence-electron chi connectivity index (χ1n) is 5.45. The number of fused-ring (bicyclic) bond motifs is 1. The van der Waals surface area contributed by atoms with E-state index in [0.29, 0.717) is 11.2 Å². The van der Waals surface area contributed by atoms with E-state index >= 15 is 0 Å². The first kappa shape index (κ1) is 13.3. The summed E-state index contributed by atoms with van der Waals surface area (Å²) in [6.45, 7) is 0.849. The van der Waals surface area contributed by atoms with E-state index in [4.69, 9.17) is 0 Å². The van der Waals surface area contributed by atoms with Crippen LogP contribution in [0.5, 0.6) is 0 Å². The number of aryl methyl sites for hydroxylation is 1. The van der Waals surface area contributed by atoms with Gasteiger partial charge in [0.15, 0.2) is 0 Å². The Morgan fingerprint density at radius 2 is 1.95 bits per heavy atom. The molecule has 0 unspecified atom stereocenters. The predicted octanol–water partition coefficient (Wildman–Crippen LogP) is 2.48. The number of aromatic nitrogens is 2. The Labute approximate surface area is 106 Å². The third-order valence-electron chi connectivity index (χ3n) is 2.52. The fourth-order valence-electron chi connectivity index (χ4n) is 1.57. The van der Waals surface area contributed by atoms with Crippen molar-refractivity contribution < 1.29 is 18.0 Å². The van der Waals surface area contributed by atoms with E-state index in [-0.39, 0.29) is 5.95 Å². The zero-order valence-corrected chi connectivity index (χ0v) is 9.95. The molecule has 0 aliphatic rings. The largest absolute Gasteiger partial charge is 0.451 e. The van der Waals surface area contributed by atoms with Crippen LogP contribution in [0, 0.1) is 6.92 Å². The summed E-state index contributed by atoms with van der Waals surface area (Å²) in [6.07, 6.45) is -4.85. The highest BCUT2D eigenvalue weighted by Crippen LogP contribution is 2.18. The quantitative estimate of drug-likeness (QED) is 0.930. The Morgan fingerprint density at radius 3 is 2.63 bits per heavy atom. The number of para-hydroxylation sites is 1. The molecule has 19 heavy (non-hydrogen) atoms. The molecule has 1 aromatic carbocycles. The van der Waals surface area contributed by atoms with Crippen LogP contribution < -0.4 is 5.32 Å². The van der Waals surface area contributed by atoms with Crippen LogP contribution >= 0.6 is 0 Å². The minimum absolute atomic E-state index is 0.00815. The maximum atomic E-state index is 12.1. The lowest BCUT2D eigenvalue weighted by Gasteiger charge is -2.08. The van der Waals surface area contributed by atoms with Gasteiger partial charge in [-0.2, -0.15) is 13.2 Å². The third-order valence-corrected chi connectivity index (χ3v) is 2.52. The number of ketones is 1. The second-order valence-electron chi connectivity index (χ2n) is 3.92. The molecule has 2 aromatic rings. The number of nitrogens with one attached hydrogen (secondary N) is 1. The van der Waals surface area contributed by atoms with Crippen LogP contribution in [0.15, 0.2) is 24.3 Å². The number of carbonyl (C=O) groups excluding carboxylic acids is 1. The molecule has 100 valence electrons. The first-order valence-corrected chi connectivity index (χ1v) is 5.45. The Balaban J connectivity index is 2.20. The van der Waals surface area contributed by atoms with Crippen molar-refractivity contribution in [2.75, 3.05) is 11.9 Å². The highest BCUT2D eigenvalue weighted by molar-refractivity contribution is 5.88. The lowest BCUT2D eigenvalue weighted by atomic mass is 10.2. The molecule has 2 rings (SSSR count). The van der Waals surface area contributed by atoms with Crippen molar-refractivity contribution in [1.82, 2.24) is 9.97 Å². The van der Waals surface area contributed by atoms with Gasteiger partial charge in [0.1, 0.15) is 0 Å². The molecule has 0 radical (unpaired) electrons. The average Bonchev–Trinajstić information content (AvgIpc) is 2.35. The second kappa shape index (κ2) is 4.83. The highest BCUT2D eigenvalue weighted by atomic mass is 19.4. The molecule has 1 heterocycles. The maximum absolute atomic E-state index is 12.1. The lowest BCUT2D eigenvalue weighted by molar-refractivity contribution is -0.168. The van der Waals surface area contributed by atoms with Crippen molar-refractivity contribution in [3.8, 4) is 0 Å².